The molecule has 43 heavy (non-hydrogen) atoms. The highest BCUT2D eigenvalue weighted by atomic mass is 16.3. The SMILES string of the molecule is CC.Cc1ccc(C)cc1.Cc1cccc(-c2ccccc2)c1.Cc1cccc(CCN)c1.Cc1cccc(CN=O)c1. The highest BCUT2D eigenvalue weighted by Gasteiger charge is 1.95. The molecule has 2 N–H and O–H groups in total. The molecule has 5 aromatic rings. The predicted molar refractivity (Wildman–Crippen MR) is 188 cm³/mol. The molecule has 0 spiro atoms. The van der Waals surface area contributed by atoms with E-state index in [1.54, 1.807) is 0 Å². The predicted octanol–water partition coefficient (Wildman–Crippen LogP) is 10.7. The van der Waals surface area contributed by atoms with Crippen LogP contribution in [0.4, 0.5) is 0 Å². The minimum atomic E-state index is 0.279. The lowest BCUT2D eigenvalue weighted by molar-refractivity contribution is 0.967. The Morgan fingerprint density at radius 3 is 1.40 bits per heavy atom. The maximum Gasteiger partial charge on any atom is 0.106 e. The molecule has 0 saturated heterocycles. The molecule has 0 aromatic heterocycles. The van der Waals surface area contributed by atoms with Gasteiger partial charge < -0.3 is 5.73 Å². The molecular weight excluding hydrogens is 524 g/mol. The third kappa shape index (κ3) is 16.6. The highest BCUT2D eigenvalue weighted by molar-refractivity contribution is 5.63. The Morgan fingerprint density at radius 1 is 0.488 bits per heavy atom. The third-order valence-electron chi connectivity index (χ3n) is 6.19. The van der Waals surface area contributed by atoms with Crippen LogP contribution in [0.3, 0.4) is 0 Å². The summed E-state index contributed by atoms with van der Waals surface area (Å²) in [7, 11) is 0. The van der Waals surface area contributed by atoms with Crippen LogP contribution in [0.2, 0.25) is 0 Å². The third-order valence-corrected chi connectivity index (χ3v) is 6.19. The van der Waals surface area contributed by atoms with Crippen LogP contribution in [-0.2, 0) is 13.0 Å². The van der Waals surface area contributed by atoms with E-state index >= 15 is 0 Å². The van der Waals surface area contributed by atoms with Gasteiger partial charge >= 0.3 is 0 Å². The molecule has 0 atom stereocenters. The molecule has 0 bridgehead atoms. The maximum atomic E-state index is 9.84. The molecule has 0 radical (unpaired) electrons. The van der Waals surface area contributed by atoms with E-state index < -0.39 is 0 Å². The molecule has 226 valence electrons. The fourth-order valence-electron chi connectivity index (χ4n) is 4.01. The molecule has 0 heterocycles. The van der Waals surface area contributed by atoms with Gasteiger partial charge in [-0.05, 0) is 69.8 Å². The second kappa shape index (κ2) is 22.3. The number of nitrogens with zero attached hydrogens (tertiary/aromatic N) is 1. The van der Waals surface area contributed by atoms with E-state index in [4.69, 9.17) is 5.73 Å². The molecule has 0 aliphatic rings. The lowest BCUT2D eigenvalue weighted by Gasteiger charge is -2.01. The Morgan fingerprint density at radius 2 is 0.930 bits per heavy atom. The summed E-state index contributed by atoms with van der Waals surface area (Å²) >= 11 is 0. The number of aryl methyl sites for hydroxylation is 5. The Hall–Kier alpha value is -4.34. The molecule has 0 amide bonds. The quantitative estimate of drug-likeness (QED) is 0.212. The second-order valence-corrected chi connectivity index (χ2v) is 10.2. The molecule has 5 aromatic carbocycles. The average molecular weight is 575 g/mol. The molecule has 0 fully saturated rings. The largest absolute Gasteiger partial charge is 0.330 e. The van der Waals surface area contributed by atoms with Crippen molar-refractivity contribution in [3.8, 4) is 11.1 Å². The lowest BCUT2D eigenvalue weighted by Crippen LogP contribution is -2.02. The molecule has 3 nitrogen and oxygen atoms in total. The van der Waals surface area contributed by atoms with Gasteiger partial charge in [-0.25, -0.2) is 0 Å². The molecule has 0 aliphatic carbocycles. The Kier molecular flexibility index (Phi) is 19.0. The number of benzene rings is 5. The zero-order valence-corrected chi connectivity index (χ0v) is 27.2. The molecule has 0 unspecified atom stereocenters. The van der Waals surface area contributed by atoms with Gasteiger partial charge in [0, 0.05) is 0 Å². The van der Waals surface area contributed by atoms with Gasteiger partial charge in [-0.1, -0.05) is 174 Å². The van der Waals surface area contributed by atoms with Gasteiger partial charge in [-0.2, -0.15) is 4.91 Å². The van der Waals surface area contributed by atoms with E-state index in [0.717, 1.165) is 18.5 Å². The Bertz CT molecular complexity index is 1410. The van der Waals surface area contributed by atoms with Gasteiger partial charge in [0.1, 0.15) is 6.54 Å². The normalized spacial score (nSPS) is 9.30. The van der Waals surface area contributed by atoms with Gasteiger partial charge in [0.25, 0.3) is 0 Å². The van der Waals surface area contributed by atoms with Crippen LogP contribution in [-0.4, -0.2) is 6.54 Å². The summed E-state index contributed by atoms with van der Waals surface area (Å²) in [5.74, 6) is 0. The van der Waals surface area contributed by atoms with Gasteiger partial charge in [-0.15, -0.1) is 0 Å². The van der Waals surface area contributed by atoms with Crippen molar-refractivity contribution in [3.63, 3.8) is 0 Å². The number of hydrogen-bond donors (Lipinski definition) is 1. The first-order valence-corrected chi connectivity index (χ1v) is 15.1. The van der Waals surface area contributed by atoms with Gasteiger partial charge in [0.2, 0.25) is 0 Å². The van der Waals surface area contributed by atoms with Crippen molar-refractivity contribution in [3.05, 3.63) is 171 Å². The fourth-order valence-corrected chi connectivity index (χ4v) is 4.01. The van der Waals surface area contributed by atoms with Crippen molar-refractivity contribution in [1.82, 2.24) is 0 Å². The molecule has 5 rings (SSSR count). The van der Waals surface area contributed by atoms with Gasteiger partial charge in [-0.3, -0.25) is 0 Å². The van der Waals surface area contributed by atoms with E-state index in [-0.39, 0.29) is 6.54 Å². The summed E-state index contributed by atoms with van der Waals surface area (Å²) in [6, 6.07) is 43.7. The van der Waals surface area contributed by atoms with Crippen LogP contribution in [0.15, 0.2) is 133 Å². The summed E-state index contributed by atoms with van der Waals surface area (Å²) in [6.07, 6.45) is 0.988. The van der Waals surface area contributed by atoms with Crippen molar-refractivity contribution in [2.75, 3.05) is 6.54 Å². The van der Waals surface area contributed by atoms with Crippen LogP contribution in [0.25, 0.3) is 11.1 Å². The highest BCUT2D eigenvalue weighted by Crippen LogP contribution is 2.19. The molecule has 0 saturated carbocycles. The van der Waals surface area contributed by atoms with Crippen molar-refractivity contribution < 1.29 is 0 Å². The summed E-state index contributed by atoms with van der Waals surface area (Å²) in [5.41, 5.74) is 16.7. The van der Waals surface area contributed by atoms with E-state index in [9.17, 15) is 4.91 Å². The summed E-state index contributed by atoms with van der Waals surface area (Å²) in [5, 5.41) is 2.80. The van der Waals surface area contributed by atoms with Crippen molar-refractivity contribution in [2.45, 2.75) is 61.4 Å². The van der Waals surface area contributed by atoms with Crippen molar-refractivity contribution in [2.24, 2.45) is 10.9 Å². The number of nitroso groups, excluding NO2 is 1. The Labute approximate surface area is 260 Å². The average Bonchev–Trinajstić information content (AvgIpc) is 3.02. The summed E-state index contributed by atoms with van der Waals surface area (Å²) < 4.78 is 0. The molecular formula is C40H50N2O. The second-order valence-electron chi connectivity index (χ2n) is 10.2. The van der Waals surface area contributed by atoms with Crippen LogP contribution < -0.4 is 5.73 Å². The number of rotatable bonds is 5. The van der Waals surface area contributed by atoms with Gasteiger partial charge in [0.05, 0.1) is 0 Å². The Balaban J connectivity index is 0.000000285. The minimum Gasteiger partial charge on any atom is -0.330 e. The topological polar surface area (TPSA) is 55.4 Å². The van der Waals surface area contributed by atoms with Crippen LogP contribution >= 0.6 is 0 Å². The van der Waals surface area contributed by atoms with E-state index in [1.165, 1.54) is 44.5 Å². The minimum absolute atomic E-state index is 0.279. The zero-order chi connectivity index (χ0) is 31.9. The van der Waals surface area contributed by atoms with Crippen LogP contribution in [0.1, 0.15) is 52.8 Å². The fraction of sp³-hybridized carbons (Fsp3) is 0.250. The lowest BCUT2D eigenvalue weighted by atomic mass is 10.0. The summed E-state index contributed by atoms with van der Waals surface area (Å²) in [6.45, 7) is 15.4. The smallest absolute Gasteiger partial charge is 0.106 e. The van der Waals surface area contributed by atoms with Gasteiger partial charge in [0.15, 0.2) is 0 Å². The molecule has 3 heteroatoms. The van der Waals surface area contributed by atoms with Crippen LogP contribution in [0, 0.1) is 39.5 Å². The number of nitrogens with two attached hydrogens (primary N) is 1. The van der Waals surface area contributed by atoms with E-state index in [2.05, 4.69) is 130 Å². The maximum absolute atomic E-state index is 9.84. The first kappa shape index (κ1) is 36.7. The van der Waals surface area contributed by atoms with Crippen molar-refractivity contribution in [1.29, 1.82) is 0 Å². The summed E-state index contributed by atoms with van der Waals surface area (Å²) in [4.78, 5) is 9.84. The van der Waals surface area contributed by atoms with Crippen LogP contribution in [0.5, 0.6) is 0 Å². The standard InChI is InChI=1S/C13H12.C9H13N.C8H9NO.C8H10.C2H6/c1-11-6-5-9-13(10-11)12-7-3-2-4-8-12;1-8-3-2-4-9(7-8)5-6-10;1-7-3-2-4-8(5-7)6-9-10;1-7-3-5-8(2)6-4-7;1-2/h2-10H,1H3;2-4,7H,5-6,10H2,1H3;2-5H,6H2,1H3;3-6H,1-2H3;1-2H3. The van der Waals surface area contributed by atoms with E-state index in [0.29, 0.717) is 0 Å². The van der Waals surface area contributed by atoms with Crippen molar-refractivity contribution >= 4 is 0 Å². The molecule has 0 aliphatic heterocycles. The zero-order valence-electron chi connectivity index (χ0n) is 27.2. The first-order valence-electron chi connectivity index (χ1n) is 15.1. The monoisotopic (exact) mass is 574 g/mol. The number of hydrogen-bond acceptors (Lipinski definition) is 3. The van der Waals surface area contributed by atoms with E-state index in [1.807, 2.05) is 51.1 Å². The first-order chi connectivity index (χ1) is 20.8.